The van der Waals surface area contributed by atoms with Crippen LogP contribution in [0.5, 0.6) is 5.75 Å². The Morgan fingerprint density at radius 2 is 2.18 bits per heavy atom. The first-order valence-corrected chi connectivity index (χ1v) is 4.35. The Balaban J connectivity index is 3.35. The van der Waals surface area contributed by atoms with Crippen molar-refractivity contribution in [1.29, 1.82) is 5.26 Å². The standard InChI is InChI=1S/C10H7F2NO4/c11-10(12)17-7-1-5(3-13)8(9(15)16)6(2-7)4-14/h1-2,10,14H,4H2,(H,15,16). The smallest absolute Gasteiger partial charge is 0.387 e. The van der Waals surface area contributed by atoms with E-state index in [0.29, 0.717) is 0 Å². The third-order valence-electron chi connectivity index (χ3n) is 1.92. The normalized spacial score (nSPS) is 10.1. The number of carboxylic acids is 1. The predicted octanol–water partition coefficient (Wildman–Crippen LogP) is 1.35. The Kier molecular flexibility index (Phi) is 3.96. The van der Waals surface area contributed by atoms with Gasteiger partial charge < -0.3 is 14.9 Å². The molecule has 2 N–H and O–H groups in total. The summed E-state index contributed by atoms with van der Waals surface area (Å²) in [5.74, 6) is -1.79. The first-order valence-electron chi connectivity index (χ1n) is 4.35. The van der Waals surface area contributed by atoms with Gasteiger partial charge in [-0.25, -0.2) is 4.79 Å². The molecular weight excluding hydrogens is 236 g/mol. The molecule has 0 bridgehead atoms. The van der Waals surface area contributed by atoms with Crippen LogP contribution >= 0.6 is 0 Å². The summed E-state index contributed by atoms with van der Waals surface area (Å²) in [6.07, 6.45) is 0. The van der Waals surface area contributed by atoms with Crippen LogP contribution in [0.3, 0.4) is 0 Å². The van der Waals surface area contributed by atoms with Crippen molar-refractivity contribution in [3.63, 3.8) is 0 Å². The predicted molar refractivity (Wildman–Crippen MR) is 50.7 cm³/mol. The number of benzene rings is 1. The summed E-state index contributed by atoms with van der Waals surface area (Å²) in [4.78, 5) is 10.8. The fourth-order valence-electron chi connectivity index (χ4n) is 1.31. The zero-order valence-electron chi connectivity index (χ0n) is 8.35. The van der Waals surface area contributed by atoms with Gasteiger partial charge >= 0.3 is 12.6 Å². The Labute approximate surface area is 94.5 Å². The SMILES string of the molecule is N#Cc1cc(OC(F)F)cc(CO)c1C(=O)O. The number of carbonyl (C=O) groups is 1. The molecule has 0 spiro atoms. The van der Waals surface area contributed by atoms with Gasteiger partial charge in [0.05, 0.1) is 17.7 Å². The molecule has 0 radical (unpaired) electrons. The number of alkyl halides is 2. The van der Waals surface area contributed by atoms with Gasteiger partial charge in [-0.1, -0.05) is 0 Å². The number of aromatic carboxylic acids is 1. The minimum Gasteiger partial charge on any atom is -0.478 e. The molecule has 0 aliphatic rings. The maximum Gasteiger partial charge on any atom is 0.387 e. The number of carboxylic acid groups (broad SMARTS) is 1. The Morgan fingerprint density at radius 1 is 1.53 bits per heavy atom. The van der Waals surface area contributed by atoms with E-state index in [1.54, 1.807) is 6.07 Å². The molecule has 1 aromatic rings. The van der Waals surface area contributed by atoms with Crippen molar-refractivity contribution in [1.82, 2.24) is 0 Å². The number of rotatable bonds is 4. The van der Waals surface area contributed by atoms with Crippen LogP contribution in [0.25, 0.3) is 0 Å². The molecule has 90 valence electrons. The van der Waals surface area contributed by atoms with Crippen LogP contribution in [0.1, 0.15) is 21.5 Å². The molecule has 5 nitrogen and oxygen atoms in total. The topological polar surface area (TPSA) is 90.5 Å². The van der Waals surface area contributed by atoms with Gasteiger partial charge in [0, 0.05) is 0 Å². The Hall–Kier alpha value is -2.20. The second kappa shape index (κ2) is 5.23. The fraction of sp³-hybridized carbons (Fsp3) is 0.200. The van der Waals surface area contributed by atoms with Crippen molar-refractivity contribution in [2.75, 3.05) is 0 Å². The van der Waals surface area contributed by atoms with Crippen LogP contribution < -0.4 is 4.74 Å². The third kappa shape index (κ3) is 2.89. The number of nitriles is 1. The highest BCUT2D eigenvalue weighted by Gasteiger charge is 2.18. The lowest BCUT2D eigenvalue weighted by Gasteiger charge is -2.09. The molecule has 0 saturated carbocycles. The molecular formula is C10H7F2NO4. The van der Waals surface area contributed by atoms with Crippen LogP contribution in [0, 0.1) is 11.3 Å². The van der Waals surface area contributed by atoms with Crippen molar-refractivity contribution >= 4 is 5.97 Å². The number of halogens is 2. The van der Waals surface area contributed by atoms with Gasteiger partial charge in [-0.3, -0.25) is 0 Å². The number of aliphatic hydroxyl groups is 1. The van der Waals surface area contributed by atoms with Gasteiger partial charge in [0.1, 0.15) is 11.8 Å². The van der Waals surface area contributed by atoms with E-state index in [4.69, 9.17) is 15.5 Å². The molecule has 0 amide bonds. The second-order valence-corrected chi connectivity index (χ2v) is 2.96. The lowest BCUT2D eigenvalue weighted by atomic mass is 10.0. The van der Waals surface area contributed by atoms with Crippen LogP contribution in [-0.4, -0.2) is 22.8 Å². The molecule has 17 heavy (non-hydrogen) atoms. The Bertz CT molecular complexity index is 482. The van der Waals surface area contributed by atoms with Crippen LogP contribution in [0.15, 0.2) is 12.1 Å². The minimum absolute atomic E-state index is 0.160. The van der Waals surface area contributed by atoms with Crippen molar-refractivity contribution in [2.24, 2.45) is 0 Å². The summed E-state index contributed by atoms with van der Waals surface area (Å²) in [7, 11) is 0. The van der Waals surface area contributed by atoms with Crippen molar-refractivity contribution < 1.29 is 28.5 Å². The maximum absolute atomic E-state index is 12.0. The lowest BCUT2D eigenvalue weighted by Crippen LogP contribution is -2.09. The summed E-state index contributed by atoms with van der Waals surface area (Å²) >= 11 is 0. The van der Waals surface area contributed by atoms with Crippen molar-refractivity contribution in [3.05, 3.63) is 28.8 Å². The minimum atomic E-state index is -3.09. The van der Waals surface area contributed by atoms with Gasteiger partial charge in [0.25, 0.3) is 0 Å². The lowest BCUT2D eigenvalue weighted by molar-refractivity contribution is -0.0499. The first kappa shape index (κ1) is 12.9. The van der Waals surface area contributed by atoms with Crippen molar-refractivity contribution in [3.8, 4) is 11.8 Å². The van der Waals surface area contributed by atoms with E-state index in [9.17, 15) is 13.6 Å². The van der Waals surface area contributed by atoms with E-state index in [0.717, 1.165) is 12.1 Å². The summed E-state index contributed by atoms with van der Waals surface area (Å²) < 4.78 is 28.0. The summed E-state index contributed by atoms with van der Waals surface area (Å²) in [5.41, 5.74) is -0.927. The van der Waals surface area contributed by atoms with E-state index in [-0.39, 0.29) is 16.9 Å². The third-order valence-corrected chi connectivity index (χ3v) is 1.92. The molecule has 0 fully saturated rings. The zero-order chi connectivity index (χ0) is 13.0. The monoisotopic (exact) mass is 243 g/mol. The van der Waals surface area contributed by atoms with Crippen LogP contribution in [-0.2, 0) is 6.61 Å². The molecule has 0 aliphatic carbocycles. The van der Waals surface area contributed by atoms with E-state index >= 15 is 0 Å². The van der Waals surface area contributed by atoms with E-state index < -0.39 is 24.8 Å². The molecule has 0 aromatic heterocycles. The average molecular weight is 243 g/mol. The molecule has 1 rings (SSSR count). The number of nitrogens with zero attached hydrogens (tertiary/aromatic N) is 1. The van der Waals surface area contributed by atoms with Crippen molar-refractivity contribution in [2.45, 2.75) is 13.2 Å². The number of hydrogen-bond donors (Lipinski definition) is 2. The molecule has 0 aliphatic heterocycles. The summed E-state index contributed by atoms with van der Waals surface area (Å²) in [5, 5.41) is 26.5. The van der Waals surface area contributed by atoms with E-state index in [2.05, 4.69) is 4.74 Å². The maximum atomic E-state index is 12.0. The summed E-state index contributed by atoms with van der Waals surface area (Å²) in [6.45, 7) is -3.79. The molecule has 0 atom stereocenters. The van der Waals surface area contributed by atoms with Crippen LogP contribution in [0.4, 0.5) is 8.78 Å². The average Bonchev–Trinajstić information content (AvgIpc) is 2.26. The van der Waals surface area contributed by atoms with Gasteiger partial charge in [0.15, 0.2) is 0 Å². The van der Waals surface area contributed by atoms with Gasteiger partial charge in [-0.15, -0.1) is 0 Å². The molecule has 0 saturated heterocycles. The molecule has 7 heteroatoms. The van der Waals surface area contributed by atoms with E-state index in [1.807, 2.05) is 0 Å². The van der Waals surface area contributed by atoms with Gasteiger partial charge in [-0.05, 0) is 17.7 Å². The fourth-order valence-corrected chi connectivity index (χ4v) is 1.31. The Morgan fingerprint density at radius 3 is 2.59 bits per heavy atom. The number of aliphatic hydroxyl groups excluding tert-OH is 1. The molecule has 0 unspecified atom stereocenters. The summed E-state index contributed by atoms with van der Waals surface area (Å²) in [6, 6.07) is 3.39. The van der Waals surface area contributed by atoms with E-state index in [1.165, 1.54) is 0 Å². The molecule has 0 heterocycles. The highest BCUT2D eigenvalue weighted by molar-refractivity contribution is 5.92. The zero-order valence-corrected chi connectivity index (χ0v) is 8.35. The highest BCUT2D eigenvalue weighted by atomic mass is 19.3. The largest absolute Gasteiger partial charge is 0.478 e. The second-order valence-electron chi connectivity index (χ2n) is 2.96. The first-order chi connectivity index (χ1) is 7.99. The number of ether oxygens (including phenoxy) is 1. The quantitative estimate of drug-likeness (QED) is 0.832. The van der Waals surface area contributed by atoms with Gasteiger partial charge in [-0.2, -0.15) is 14.0 Å². The van der Waals surface area contributed by atoms with Crippen LogP contribution in [0.2, 0.25) is 0 Å². The highest BCUT2D eigenvalue weighted by Crippen LogP contribution is 2.24. The number of hydrogen-bond acceptors (Lipinski definition) is 4. The van der Waals surface area contributed by atoms with Gasteiger partial charge in [0.2, 0.25) is 0 Å². The molecule has 1 aromatic carbocycles.